The van der Waals surface area contributed by atoms with Crippen LogP contribution in [-0.2, 0) is 6.54 Å². The lowest BCUT2D eigenvalue weighted by atomic mass is 10.2. The molecule has 0 bridgehead atoms. The number of fused-ring (bicyclic) bond motifs is 1. The molecule has 98 valence electrons. The fourth-order valence-corrected chi connectivity index (χ4v) is 2.11. The Hall–Kier alpha value is -1.75. The maximum Gasteiger partial charge on any atom is 0.161 e. The second-order valence-electron chi connectivity index (χ2n) is 4.19. The summed E-state index contributed by atoms with van der Waals surface area (Å²) >= 11 is 3.36. The number of pyridine rings is 1. The molecule has 0 radical (unpaired) electrons. The third-order valence-electron chi connectivity index (χ3n) is 2.81. The molecule has 0 atom stereocenters. The summed E-state index contributed by atoms with van der Waals surface area (Å²) in [5.41, 5.74) is 1.13. The fourth-order valence-electron chi connectivity index (χ4n) is 1.87. The zero-order chi connectivity index (χ0) is 13.1. The topological polar surface area (TPSA) is 43.4 Å². The highest BCUT2D eigenvalue weighted by atomic mass is 79.9. The molecule has 19 heavy (non-hydrogen) atoms. The van der Waals surface area contributed by atoms with Crippen LogP contribution in [0.1, 0.15) is 5.56 Å². The van der Waals surface area contributed by atoms with Crippen LogP contribution in [0.3, 0.4) is 0 Å². The summed E-state index contributed by atoms with van der Waals surface area (Å²) in [5.74, 6) is 2.48. The maximum atomic E-state index is 5.56. The lowest BCUT2D eigenvalue weighted by Crippen LogP contribution is -2.15. The van der Waals surface area contributed by atoms with Crippen LogP contribution < -0.4 is 14.8 Å². The Kier molecular flexibility index (Phi) is 3.55. The molecule has 0 spiro atoms. The molecule has 1 aromatic carbocycles. The predicted octanol–water partition coefficient (Wildman–Crippen LogP) is 3.23. The van der Waals surface area contributed by atoms with E-state index in [1.165, 1.54) is 0 Å². The number of halogens is 1. The summed E-state index contributed by atoms with van der Waals surface area (Å²) in [6.45, 7) is 1.93. The molecular weight excluding hydrogens is 308 g/mol. The van der Waals surface area contributed by atoms with Gasteiger partial charge in [-0.15, -0.1) is 0 Å². The van der Waals surface area contributed by atoms with Gasteiger partial charge in [0.25, 0.3) is 0 Å². The molecule has 1 aromatic heterocycles. The lowest BCUT2D eigenvalue weighted by Gasteiger charge is -2.19. The zero-order valence-electron chi connectivity index (χ0n) is 10.2. The van der Waals surface area contributed by atoms with E-state index in [-0.39, 0.29) is 0 Å². The average Bonchev–Trinajstić information content (AvgIpc) is 2.46. The number of hydrogen-bond acceptors (Lipinski definition) is 4. The molecule has 0 aliphatic carbocycles. The third-order valence-corrected chi connectivity index (χ3v) is 3.28. The van der Waals surface area contributed by atoms with Crippen molar-refractivity contribution in [1.82, 2.24) is 4.98 Å². The molecular formula is C14H13BrN2O2. The molecule has 0 fully saturated rings. The van der Waals surface area contributed by atoms with Crippen LogP contribution in [0.15, 0.2) is 41.0 Å². The average molecular weight is 321 g/mol. The second-order valence-corrected chi connectivity index (χ2v) is 5.11. The van der Waals surface area contributed by atoms with E-state index < -0.39 is 0 Å². The Labute approximate surface area is 119 Å². The van der Waals surface area contributed by atoms with Gasteiger partial charge in [0.05, 0.1) is 0 Å². The Balaban J connectivity index is 1.68. The summed E-state index contributed by atoms with van der Waals surface area (Å²) < 4.78 is 12.0. The Morgan fingerprint density at radius 3 is 2.74 bits per heavy atom. The SMILES string of the molecule is Brc1ccc(NCc2ccc3c(c2)OCCO3)nc1. The monoisotopic (exact) mass is 320 g/mol. The van der Waals surface area contributed by atoms with Gasteiger partial charge in [-0.1, -0.05) is 6.07 Å². The van der Waals surface area contributed by atoms with Crippen molar-refractivity contribution in [3.05, 3.63) is 46.6 Å². The normalized spacial score (nSPS) is 13.1. The summed E-state index contributed by atoms with van der Waals surface area (Å²) in [6.07, 6.45) is 1.77. The highest BCUT2D eigenvalue weighted by molar-refractivity contribution is 9.10. The number of ether oxygens (including phenoxy) is 2. The largest absolute Gasteiger partial charge is 0.486 e. The number of anilines is 1. The number of benzene rings is 1. The fraction of sp³-hybridized carbons (Fsp3) is 0.214. The summed E-state index contributed by atoms with van der Waals surface area (Å²) in [5, 5.41) is 3.27. The van der Waals surface area contributed by atoms with Crippen molar-refractivity contribution in [1.29, 1.82) is 0 Å². The Morgan fingerprint density at radius 1 is 1.11 bits per heavy atom. The molecule has 4 nitrogen and oxygen atoms in total. The Bertz CT molecular complexity index is 572. The van der Waals surface area contributed by atoms with Crippen LogP contribution in [0.2, 0.25) is 0 Å². The third kappa shape index (κ3) is 2.98. The smallest absolute Gasteiger partial charge is 0.161 e. The van der Waals surface area contributed by atoms with Crippen LogP contribution in [0.4, 0.5) is 5.82 Å². The minimum Gasteiger partial charge on any atom is -0.486 e. The minimum absolute atomic E-state index is 0.609. The van der Waals surface area contributed by atoms with Gasteiger partial charge in [0.2, 0.25) is 0 Å². The van der Waals surface area contributed by atoms with Crippen LogP contribution in [-0.4, -0.2) is 18.2 Å². The lowest BCUT2D eigenvalue weighted by molar-refractivity contribution is 0.171. The van der Waals surface area contributed by atoms with Gasteiger partial charge in [0.15, 0.2) is 11.5 Å². The van der Waals surface area contributed by atoms with Crippen molar-refractivity contribution in [2.75, 3.05) is 18.5 Å². The van der Waals surface area contributed by atoms with E-state index in [0.717, 1.165) is 27.4 Å². The van der Waals surface area contributed by atoms with E-state index in [0.29, 0.717) is 19.8 Å². The second kappa shape index (κ2) is 5.48. The standard InChI is InChI=1S/C14H13BrN2O2/c15-11-2-4-14(17-9-11)16-8-10-1-3-12-13(7-10)19-6-5-18-12/h1-4,7,9H,5-6,8H2,(H,16,17). The van der Waals surface area contributed by atoms with Crippen molar-refractivity contribution in [3.8, 4) is 11.5 Å². The van der Waals surface area contributed by atoms with Gasteiger partial charge >= 0.3 is 0 Å². The molecule has 0 saturated carbocycles. The van der Waals surface area contributed by atoms with E-state index in [1.807, 2.05) is 30.3 Å². The highest BCUT2D eigenvalue weighted by Crippen LogP contribution is 2.30. The van der Waals surface area contributed by atoms with Crippen LogP contribution >= 0.6 is 15.9 Å². The van der Waals surface area contributed by atoms with E-state index in [9.17, 15) is 0 Å². The molecule has 2 aromatic rings. The van der Waals surface area contributed by atoms with Gasteiger partial charge in [-0.05, 0) is 45.8 Å². The van der Waals surface area contributed by atoms with E-state index >= 15 is 0 Å². The molecule has 3 rings (SSSR count). The quantitative estimate of drug-likeness (QED) is 0.943. The molecule has 0 saturated heterocycles. The van der Waals surface area contributed by atoms with Crippen molar-refractivity contribution in [3.63, 3.8) is 0 Å². The highest BCUT2D eigenvalue weighted by Gasteiger charge is 2.11. The van der Waals surface area contributed by atoms with Crippen molar-refractivity contribution >= 4 is 21.7 Å². The van der Waals surface area contributed by atoms with Crippen molar-refractivity contribution < 1.29 is 9.47 Å². The van der Waals surface area contributed by atoms with Gasteiger partial charge in [-0.25, -0.2) is 4.98 Å². The zero-order valence-corrected chi connectivity index (χ0v) is 11.8. The van der Waals surface area contributed by atoms with Gasteiger partial charge < -0.3 is 14.8 Å². The summed E-state index contributed by atoms with van der Waals surface area (Å²) in [7, 11) is 0. The number of aromatic nitrogens is 1. The number of nitrogens with one attached hydrogen (secondary N) is 1. The summed E-state index contributed by atoms with van der Waals surface area (Å²) in [6, 6.07) is 9.86. The van der Waals surface area contributed by atoms with Gasteiger partial charge in [-0.3, -0.25) is 0 Å². The van der Waals surface area contributed by atoms with Gasteiger partial charge in [0, 0.05) is 17.2 Å². The van der Waals surface area contributed by atoms with Crippen LogP contribution in [0.5, 0.6) is 11.5 Å². The van der Waals surface area contributed by atoms with Crippen molar-refractivity contribution in [2.24, 2.45) is 0 Å². The van der Waals surface area contributed by atoms with E-state index in [4.69, 9.17) is 9.47 Å². The Morgan fingerprint density at radius 2 is 1.95 bits per heavy atom. The molecule has 0 amide bonds. The number of nitrogens with zero attached hydrogens (tertiary/aromatic N) is 1. The number of hydrogen-bond donors (Lipinski definition) is 1. The molecule has 1 aliphatic heterocycles. The van der Waals surface area contributed by atoms with Gasteiger partial charge in [0.1, 0.15) is 19.0 Å². The molecule has 5 heteroatoms. The summed E-state index contributed by atoms with van der Waals surface area (Å²) in [4.78, 5) is 4.27. The van der Waals surface area contributed by atoms with Crippen LogP contribution in [0, 0.1) is 0 Å². The molecule has 1 aliphatic rings. The first-order chi connectivity index (χ1) is 9.31. The first-order valence-electron chi connectivity index (χ1n) is 6.05. The van der Waals surface area contributed by atoms with E-state index in [2.05, 4.69) is 26.2 Å². The minimum atomic E-state index is 0.609. The molecule has 2 heterocycles. The predicted molar refractivity (Wildman–Crippen MR) is 76.7 cm³/mol. The molecule has 0 unspecified atom stereocenters. The van der Waals surface area contributed by atoms with E-state index in [1.54, 1.807) is 6.20 Å². The first kappa shape index (κ1) is 12.3. The van der Waals surface area contributed by atoms with Gasteiger partial charge in [-0.2, -0.15) is 0 Å². The van der Waals surface area contributed by atoms with Crippen LogP contribution in [0.25, 0.3) is 0 Å². The number of rotatable bonds is 3. The molecule has 1 N–H and O–H groups in total. The van der Waals surface area contributed by atoms with Crippen molar-refractivity contribution in [2.45, 2.75) is 6.54 Å². The maximum absolute atomic E-state index is 5.56. The first-order valence-corrected chi connectivity index (χ1v) is 6.84.